The maximum Gasteiger partial charge on any atom is 0.0491 e. The van der Waals surface area contributed by atoms with Gasteiger partial charge in [-0.05, 0) is 35.6 Å². The van der Waals surface area contributed by atoms with Gasteiger partial charge >= 0.3 is 0 Å². The fourth-order valence-corrected chi connectivity index (χ4v) is 2.70. The number of hydrogen-bond acceptors (Lipinski definition) is 0. The van der Waals surface area contributed by atoms with Crippen LogP contribution in [0.15, 0.2) is 66.7 Å². The van der Waals surface area contributed by atoms with Crippen molar-refractivity contribution in [2.75, 3.05) is 0 Å². The lowest BCUT2D eigenvalue weighted by Gasteiger charge is -2.03. The van der Waals surface area contributed by atoms with E-state index in [4.69, 9.17) is 0 Å². The van der Waals surface area contributed by atoms with Crippen molar-refractivity contribution in [3.8, 4) is 22.5 Å². The van der Waals surface area contributed by atoms with Crippen molar-refractivity contribution < 1.29 is 0 Å². The Bertz CT molecular complexity index is 680. The van der Waals surface area contributed by atoms with Crippen LogP contribution in [0.1, 0.15) is 25.3 Å². The highest BCUT2D eigenvalue weighted by Gasteiger charge is 2.10. The lowest BCUT2D eigenvalue weighted by Crippen LogP contribution is -1.86. The van der Waals surface area contributed by atoms with Gasteiger partial charge < -0.3 is 4.98 Å². The highest BCUT2D eigenvalue weighted by molar-refractivity contribution is 5.71. The van der Waals surface area contributed by atoms with Crippen molar-refractivity contribution in [1.82, 2.24) is 4.98 Å². The minimum atomic E-state index is 1.13. The van der Waals surface area contributed by atoms with E-state index in [0.717, 1.165) is 6.42 Å². The Balaban J connectivity index is 2.03. The quantitative estimate of drug-likeness (QED) is 0.615. The van der Waals surface area contributed by atoms with Crippen LogP contribution in [-0.4, -0.2) is 4.98 Å². The van der Waals surface area contributed by atoms with Crippen LogP contribution in [0.4, 0.5) is 0 Å². The molecule has 0 atom stereocenters. The second-order valence-corrected chi connectivity index (χ2v) is 5.42. The van der Waals surface area contributed by atoms with Crippen LogP contribution >= 0.6 is 0 Å². The molecule has 0 saturated heterocycles. The van der Waals surface area contributed by atoms with Crippen molar-refractivity contribution in [2.24, 2.45) is 0 Å². The van der Waals surface area contributed by atoms with Crippen molar-refractivity contribution in [2.45, 2.75) is 26.2 Å². The van der Waals surface area contributed by atoms with E-state index in [1.807, 2.05) is 0 Å². The first-order valence-corrected chi connectivity index (χ1v) is 7.71. The summed E-state index contributed by atoms with van der Waals surface area (Å²) in [5.74, 6) is 0. The van der Waals surface area contributed by atoms with E-state index in [2.05, 4.69) is 78.6 Å². The Morgan fingerprint density at radius 1 is 0.810 bits per heavy atom. The van der Waals surface area contributed by atoms with Crippen LogP contribution in [0.5, 0.6) is 0 Å². The molecule has 0 radical (unpaired) electrons. The molecule has 0 spiro atoms. The van der Waals surface area contributed by atoms with Gasteiger partial charge in [0.25, 0.3) is 0 Å². The molecule has 106 valence electrons. The van der Waals surface area contributed by atoms with E-state index in [-0.39, 0.29) is 0 Å². The van der Waals surface area contributed by atoms with Crippen LogP contribution in [0.2, 0.25) is 0 Å². The smallest absolute Gasteiger partial charge is 0.0491 e. The molecule has 3 aromatic rings. The number of benzene rings is 2. The first-order chi connectivity index (χ1) is 10.4. The number of nitrogens with one attached hydrogen (secondary N) is 1. The van der Waals surface area contributed by atoms with Gasteiger partial charge in [0.15, 0.2) is 0 Å². The molecular formula is C20H21N. The fourth-order valence-electron chi connectivity index (χ4n) is 2.70. The molecule has 2 aromatic carbocycles. The largest absolute Gasteiger partial charge is 0.354 e. The Labute approximate surface area is 126 Å². The van der Waals surface area contributed by atoms with Gasteiger partial charge in [-0.25, -0.2) is 0 Å². The first-order valence-electron chi connectivity index (χ1n) is 7.71. The van der Waals surface area contributed by atoms with Crippen LogP contribution in [0, 0.1) is 0 Å². The van der Waals surface area contributed by atoms with Crippen molar-refractivity contribution in [1.29, 1.82) is 0 Å². The molecule has 0 bridgehead atoms. The predicted octanol–water partition coefficient (Wildman–Crippen LogP) is 5.69. The molecule has 0 fully saturated rings. The topological polar surface area (TPSA) is 15.8 Å². The maximum absolute atomic E-state index is 3.62. The molecule has 0 unspecified atom stereocenters. The van der Waals surface area contributed by atoms with Gasteiger partial charge in [0.1, 0.15) is 0 Å². The second-order valence-electron chi connectivity index (χ2n) is 5.42. The Kier molecular flexibility index (Phi) is 4.20. The van der Waals surface area contributed by atoms with Crippen molar-refractivity contribution >= 4 is 0 Å². The summed E-state index contributed by atoms with van der Waals surface area (Å²) in [6, 6.07) is 23.5. The Morgan fingerprint density at radius 3 is 2.05 bits per heavy atom. The summed E-state index contributed by atoms with van der Waals surface area (Å²) in [6.45, 7) is 2.24. The van der Waals surface area contributed by atoms with Crippen LogP contribution < -0.4 is 0 Å². The Hall–Kier alpha value is -2.28. The predicted molar refractivity (Wildman–Crippen MR) is 90.3 cm³/mol. The molecule has 21 heavy (non-hydrogen) atoms. The highest BCUT2D eigenvalue weighted by Crippen LogP contribution is 2.29. The fraction of sp³-hybridized carbons (Fsp3) is 0.200. The number of aromatic nitrogens is 1. The average Bonchev–Trinajstić information content (AvgIpc) is 2.99. The molecular weight excluding hydrogens is 254 g/mol. The second kappa shape index (κ2) is 6.45. The molecule has 1 heteroatoms. The van der Waals surface area contributed by atoms with Gasteiger partial charge in [0.05, 0.1) is 0 Å². The van der Waals surface area contributed by atoms with Gasteiger partial charge in [-0.15, -0.1) is 0 Å². The summed E-state index contributed by atoms with van der Waals surface area (Å²) < 4.78 is 0. The van der Waals surface area contributed by atoms with Gasteiger partial charge in [0.2, 0.25) is 0 Å². The number of H-pyrrole nitrogens is 1. The number of aryl methyl sites for hydroxylation is 1. The third-order valence-electron chi connectivity index (χ3n) is 3.85. The van der Waals surface area contributed by atoms with E-state index in [9.17, 15) is 0 Å². The average molecular weight is 275 g/mol. The van der Waals surface area contributed by atoms with E-state index < -0.39 is 0 Å². The molecule has 3 rings (SSSR count). The molecule has 1 heterocycles. The lowest BCUT2D eigenvalue weighted by atomic mass is 10.0. The van der Waals surface area contributed by atoms with E-state index >= 15 is 0 Å². The van der Waals surface area contributed by atoms with E-state index in [1.54, 1.807) is 0 Å². The zero-order valence-corrected chi connectivity index (χ0v) is 12.5. The SMILES string of the molecule is CCCCc1cc(-c2ccccc2)[nH]c1-c1ccccc1. The molecule has 1 N–H and O–H groups in total. The summed E-state index contributed by atoms with van der Waals surface area (Å²) in [5, 5.41) is 0. The number of rotatable bonds is 5. The summed E-state index contributed by atoms with van der Waals surface area (Å²) >= 11 is 0. The lowest BCUT2D eigenvalue weighted by molar-refractivity contribution is 0.797. The summed E-state index contributed by atoms with van der Waals surface area (Å²) in [6.07, 6.45) is 3.58. The third-order valence-corrected chi connectivity index (χ3v) is 3.85. The molecule has 0 amide bonds. The van der Waals surface area contributed by atoms with Crippen LogP contribution in [0.3, 0.4) is 0 Å². The minimum absolute atomic E-state index is 1.13. The summed E-state index contributed by atoms with van der Waals surface area (Å²) in [4.78, 5) is 3.62. The number of aromatic amines is 1. The van der Waals surface area contributed by atoms with Gasteiger partial charge in [-0.1, -0.05) is 74.0 Å². The zero-order valence-electron chi connectivity index (χ0n) is 12.5. The van der Waals surface area contributed by atoms with Gasteiger partial charge in [-0.2, -0.15) is 0 Å². The molecule has 0 aliphatic heterocycles. The normalized spacial score (nSPS) is 10.7. The monoisotopic (exact) mass is 275 g/mol. The first kappa shape index (κ1) is 13.7. The van der Waals surface area contributed by atoms with Crippen molar-refractivity contribution in [3.63, 3.8) is 0 Å². The van der Waals surface area contributed by atoms with Gasteiger partial charge in [-0.3, -0.25) is 0 Å². The van der Waals surface area contributed by atoms with Gasteiger partial charge in [0, 0.05) is 11.4 Å². The molecule has 0 aliphatic rings. The minimum Gasteiger partial charge on any atom is -0.354 e. The number of hydrogen-bond donors (Lipinski definition) is 1. The zero-order chi connectivity index (χ0) is 14.5. The van der Waals surface area contributed by atoms with Crippen LogP contribution in [-0.2, 0) is 6.42 Å². The maximum atomic E-state index is 3.62. The molecule has 1 aromatic heterocycles. The molecule has 0 aliphatic carbocycles. The molecule has 0 saturated carbocycles. The summed E-state index contributed by atoms with van der Waals surface area (Å²) in [7, 11) is 0. The third kappa shape index (κ3) is 3.08. The van der Waals surface area contributed by atoms with E-state index in [1.165, 1.54) is 40.9 Å². The van der Waals surface area contributed by atoms with Crippen LogP contribution in [0.25, 0.3) is 22.5 Å². The van der Waals surface area contributed by atoms with E-state index in [0.29, 0.717) is 0 Å². The van der Waals surface area contributed by atoms with Crippen molar-refractivity contribution in [3.05, 3.63) is 72.3 Å². The number of unbranched alkanes of at least 4 members (excludes halogenated alkanes) is 1. The highest BCUT2D eigenvalue weighted by atomic mass is 14.7. The molecule has 1 nitrogen and oxygen atoms in total. The summed E-state index contributed by atoms with van der Waals surface area (Å²) in [5.41, 5.74) is 6.41. The standard InChI is InChI=1S/C20H21N/c1-2-3-10-18-15-19(16-11-6-4-7-12-16)21-20(18)17-13-8-5-9-14-17/h4-9,11-15,21H,2-3,10H2,1H3. The Morgan fingerprint density at radius 2 is 1.43 bits per heavy atom.